The number of fused-ring (bicyclic) bond motifs is 1. The van der Waals surface area contributed by atoms with Crippen LogP contribution in [0, 0.1) is 0 Å². The SMILES string of the molecule is CCOC(=O)CN(Cc1ccn(-c2cc(C(=O)NCCOCCOCCNC(=O)CCCC[C@H]3SC[C@H]4NC(=O)N[C@H]43)cc(-n3ccc(CN(CC(=O)OCC)CP(=O)(OCC)OCC)n3)n2)n1)CP(=O)(OCC)OCC. The number of rotatable bonds is 39. The Hall–Kier alpha value is -4.79. The number of ether oxygens (including phenoxy) is 4. The number of esters is 2. The van der Waals surface area contributed by atoms with Crippen LogP contribution in [-0.4, -0.2) is 192 Å². The van der Waals surface area contributed by atoms with Crippen molar-refractivity contribution >= 4 is 56.7 Å². The van der Waals surface area contributed by atoms with Crippen LogP contribution in [0.15, 0.2) is 36.7 Å². The molecule has 3 atom stereocenters. The van der Waals surface area contributed by atoms with Gasteiger partial charge in [-0.15, -0.1) is 0 Å². The number of hydrogen-bond acceptors (Lipinski definition) is 21. The molecular formula is C48H77N11O15P2S. The largest absolute Gasteiger partial charge is 0.465 e. The number of carbonyl (C=O) groups excluding carboxylic acids is 5. The van der Waals surface area contributed by atoms with E-state index in [4.69, 9.17) is 52.2 Å². The Balaban J connectivity index is 1.21. The van der Waals surface area contributed by atoms with Crippen molar-refractivity contribution in [1.82, 2.24) is 55.6 Å². The standard InChI is InChI=1S/C48H77N11O15P2S/c1-7-69-44(61)31-56(34-75(65,71-9-3)72-10-4)29-37-17-21-58(54-37)41-27-36(28-42(52-41)59-22-18-38(55-59)30-57(32-45(62)70-8-2)35-76(66,73-11-5)74-12-6)47(63)50-20-24-68-26-25-67-23-19-49-43(60)16-14-13-15-40-46-39(33-77-40)51-48(64)53-46/h17-18,21-22,27-28,39-40,46H,7-16,19-20,23-26,29-35H2,1-6H3,(H,49,60)(H,50,63)(H2,51,53,64)/t39-,40-,46-/m1/s1. The molecule has 2 fully saturated rings. The number of nitrogens with one attached hydrogen (secondary N) is 4. The smallest absolute Gasteiger partial charge is 0.344 e. The van der Waals surface area contributed by atoms with Gasteiger partial charge in [-0.1, -0.05) is 6.42 Å². The number of nitrogens with zero attached hydrogens (tertiary/aromatic N) is 7. The topological polar surface area (TPSA) is 296 Å². The minimum absolute atomic E-state index is 0.0367. The molecule has 4 N–H and O–H groups in total. The van der Waals surface area contributed by atoms with Gasteiger partial charge in [0.2, 0.25) is 5.91 Å². The number of hydrogen-bond donors (Lipinski definition) is 4. The Kier molecular flexibility index (Phi) is 27.0. The second-order valence-corrected chi connectivity index (χ2v) is 22.8. The lowest BCUT2D eigenvalue weighted by atomic mass is 10.0. The highest BCUT2D eigenvalue weighted by atomic mass is 32.2. The molecule has 26 nitrogen and oxygen atoms in total. The summed E-state index contributed by atoms with van der Waals surface area (Å²) in [6, 6.07) is 6.72. The van der Waals surface area contributed by atoms with Gasteiger partial charge in [0.05, 0.1) is 103 Å². The molecule has 2 saturated heterocycles. The number of amides is 4. The number of unbranched alkanes of at least 4 members (excludes halogenated alkanes) is 1. The van der Waals surface area contributed by atoms with Gasteiger partial charge in [-0.25, -0.2) is 19.1 Å². The van der Waals surface area contributed by atoms with Gasteiger partial charge in [0.1, 0.15) is 12.6 Å². The quantitative estimate of drug-likeness (QED) is 0.0269. The molecule has 0 aromatic carbocycles. The van der Waals surface area contributed by atoms with Gasteiger partial charge in [-0.05, 0) is 78.6 Å². The van der Waals surface area contributed by atoms with Crippen LogP contribution in [0.2, 0.25) is 0 Å². The summed E-state index contributed by atoms with van der Waals surface area (Å²) in [5.41, 5.74) is 1.11. The number of thioether (sulfide) groups is 1. The minimum atomic E-state index is -3.64. The maximum Gasteiger partial charge on any atom is 0.344 e. The van der Waals surface area contributed by atoms with E-state index >= 15 is 0 Å². The summed E-state index contributed by atoms with van der Waals surface area (Å²) in [5.74, 6) is -0.212. The van der Waals surface area contributed by atoms with Crippen molar-refractivity contribution in [1.29, 1.82) is 0 Å². The van der Waals surface area contributed by atoms with Crippen molar-refractivity contribution in [2.45, 2.75) is 97.6 Å². The third kappa shape index (κ3) is 21.4. The Bertz CT molecular complexity index is 2320. The van der Waals surface area contributed by atoms with Gasteiger partial charge >= 0.3 is 33.2 Å². The van der Waals surface area contributed by atoms with E-state index in [2.05, 4.69) is 21.3 Å². The first kappa shape index (κ1) is 63.0. The van der Waals surface area contributed by atoms with Crippen molar-refractivity contribution in [3.8, 4) is 11.6 Å². The molecule has 5 rings (SSSR count). The summed E-state index contributed by atoms with van der Waals surface area (Å²) < 4.78 is 73.8. The number of urea groups is 1. The van der Waals surface area contributed by atoms with Crippen LogP contribution in [0.5, 0.6) is 0 Å². The highest BCUT2D eigenvalue weighted by Crippen LogP contribution is 2.49. The Morgan fingerprint density at radius 1 is 0.701 bits per heavy atom. The third-order valence-corrected chi connectivity index (χ3v) is 17.1. The van der Waals surface area contributed by atoms with E-state index < -0.39 is 33.0 Å². The highest BCUT2D eigenvalue weighted by Gasteiger charge is 2.42. The maximum atomic E-state index is 13.8. The monoisotopic (exact) mass is 1140 g/mol. The Morgan fingerprint density at radius 2 is 1.21 bits per heavy atom. The van der Waals surface area contributed by atoms with Crippen molar-refractivity contribution in [3.63, 3.8) is 0 Å². The summed E-state index contributed by atoms with van der Waals surface area (Å²) in [4.78, 5) is 71.1. The van der Waals surface area contributed by atoms with Crippen molar-refractivity contribution < 1.29 is 70.1 Å². The third-order valence-electron chi connectivity index (χ3n) is 11.5. The summed E-state index contributed by atoms with van der Waals surface area (Å²) in [5, 5.41) is 21.5. The Morgan fingerprint density at radius 3 is 1.70 bits per heavy atom. The molecule has 77 heavy (non-hydrogen) atoms. The van der Waals surface area contributed by atoms with E-state index in [0.29, 0.717) is 36.2 Å². The summed E-state index contributed by atoms with van der Waals surface area (Å²) in [6.07, 6.45) is 5.87. The average Bonchev–Trinajstić information content (AvgIpc) is 4.21. The van der Waals surface area contributed by atoms with Crippen LogP contribution in [0.25, 0.3) is 11.6 Å². The fourth-order valence-corrected chi connectivity index (χ4v) is 13.3. The molecule has 4 amide bonds. The first-order valence-electron chi connectivity index (χ1n) is 26.2. The van der Waals surface area contributed by atoms with Gasteiger partial charge in [0.15, 0.2) is 11.6 Å². The lowest BCUT2D eigenvalue weighted by Crippen LogP contribution is -2.36. The van der Waals surface area contributed by atoms with Crippen molar-refractivity contribution in [2.75, 3.05) is 111 Å². The number of pyridine rings is 1. The molecule has 430 valence electrons. The van der Waals surface area contributed by atoms with E-state index in [0.717, 1.165) is 25.0 Å². The van der Waals surface area contributed by atoms with E-state index in [-0.39, 0.29) is 146 Å². The molecule has 0 radical (unpaired) electrons. The predicted molar refractivity (Wildman–Crippen MR) is 285 cm³/mol. The van der Waals surface area contributed by atoms with Gasteiger partial charge in [-0.2, -0.15) is 22.0 Å². The van der Waals surface area contributed by atoms with Crippen molar-refractivity contribution in [3.05, 3.63) is 53.6 Å². The lowest BCUT2D eigenvalue weighted by molar-refractivity contribution is -0.145. The predicted octanol–water partition coefficient (Wildman–Crippen LogP) is 4.24. The molecule has 29 heteroatoms. The zero-order valence-electron chi connectivity index (χ0n) is 45.0. The van der Waals surface area contributed by atoms with Gasteiger partial charge in [0.25, 0.3) is 5.91 Å². The molecule has 3 aromatic heterocycles. The fourth-order valence-electron chi connectivity index (χ4n) is 8.36. The van der Waals surface area contributed by atoms with Crippen LogP contribution in [0.3, 0.4) is 0 Å². The Labute approximate surface area is 454 Å². The zero-order valence-corrected chi connectivity index (χ0v) is 47.6. The zero-order chi connectivity index (χ0) is 55.6. The van der Waals surface area contributed by atoms with Gasteiger partial charge < -0.3 is 58.3 Å². The first-order valence-corrected chi connectivity index (χ1v) is 30.7. The minimum Gasteiger partial charge on any atom is -0.465 e. The number of aromatic nitrogens is 5. The van der Waals surface area contributed by atoms with E-state index in [1.165, 1.54) is 9.36 Å². The van der Waals surface area contributed by atoms with E-state index in [1.807, 2.05) is 11.8 Å². The summed E-state index contributed by atoms with van der Waals surface area (Å²) >= 11 is 1.86. The molecule has 0 saturated carbocycles. The molecule has 0 aliphatic carbocycles. The van der Waals surface area contributed by atoms with Crippen LogP contribution in [0.4, 0.5) is 4.79 Å². The lowest BCUT2D eigenvalue weighted by Gasteiger charge is -2.25. The van der Waals surface area contributed by atoms with E-state index in [9.17, 15) is 33.1 Å². The maximum absolute atomic E-state index is 13.8. The molecule has 2 aliphatic heterocycles. The molecule has 3 aromatic rings. The van der Waals surface area contributed by atoms with Gasteiger partial charge in [-0.3, -0.25) is 38.1 Å². The second kappa shape index (κ2) is 33.0. The van der Waals surface area contributed by atoms with Crippen LogP contribution >= 0.6 is 27.0 Å². The normalized spacial score (nSPS) is 16.4. The first-order chi connectivity index (χ1) is 37.1. The second-order valence-electron chi connectivity index (χ2n) is 17.5. The number of carbonyl (C=O) groups is 5. The fraction of sp³-hybridized carbons (Fsp3) is 0.667. The van der Waals surface area contributed by atoms with Crippen LogP contribution < -0.4 is 21.3 Å². The summed E-state index contributed by atoms with van der Waals surface area (Å²) in [6.45, 7) is 12.1. The van der Waals surface area contributed by atoms with Crippen molar-refractivity contribution in [2.24, 2.45) is 0 Å². The molecule has 2 aliphatic rings. The summed E-state index contributed by atoms with van der Waals surface area (Å²) in [7, 11) is -7.28. The molecule has 5 heterocycles. The molecule has 0 bridgehead atoms. The molecule has 0 spiro atoms. The van der Waals surface area contributed by atoms with Crippen LogP contribution in [-0.2, 0) is 73.6 Å². The highest BCUT2D eigenvalue weighted by molar-refractivity contribution is 8.00. The molecule has 0 unspecified atom stereocenters. The van der Waals surface area contributed by atoms with Crippen LogP contribution in [0.1, 0.15) is 89.0 Å². The average molecular weight is 1140 g/mol. The van der Waals surface area contributed by atoms with Gasteiger partial charge in [0, 0.05) is 61.6 Å². The molecular weight excluding hydrogens is 1060 g/mol. The van der Waals surface area contributed by atoms with E-state index in [1.54, 1.807) is 88.0 Å².